The summed E-state index contributed by atoms with van der Waals surface area (Å²) in [4.78, 5) is 12.6. The van der Waals surface area contributed by atoms with Gasteiger partial charge in [0.15, 0.2) is 11.0 Å². The van der Waals surface area contributed by atoms with Crippen LogP contribution < -0.4 is 10.6 Å². The van der Waals surface area contributed by atoms with Gasteiger partial charge in [-0.1, -0.05) is 47.7 Å². The molecular formula is C25H24FN5OS. The largest absolute Gasteiger partial charge is 0.378 e. The lowest BCUT2D eigenvalue weighted by atomic mass is 10.1. The number of aromatic nitrogens is 3. The summed E-state index contributed by atoms with van der Waals surface area (Å²) in [5, 5.41) is 15.5. The predicted octanol–water partition coefficient (Wildman–Crippen LogP) is 5.37. The number of amides is 1. The lowest BCUT2D eigenvalue weighted by Gasteiger charge is -2.12. The monoisotopic (exact) mass is 461 g/mol. The highest BCUT2D eigenvalue weighted by Gasteiger charge is 2.16. The number of carbonyl (C=O) groups excluding carboxylic acids is 1. The summed E-state index contributed by atoms with van der Waals surface area (Å²) in [5.41, 5.74) is 4.66. The zero-order valence-electron chi connectivity index (χ0n) is 18.4. The standard InChI is InChI=1S/C25H24FN5OS/c1-17-8-13-22(18(2)14-17)28-24(32)16-33-25-30-29-23(31(25)21-6-4-3-5-7-21)15-27-20-11-9-19(26)10-12-20/h3-14,27H,15-16H2,1-2H3,(H,28,32). The van der Waals surface area contributed by atoms with Crippen LogP contribution in [0.15, 0.2) is 78.0 Å². The molecule has 168 valence electrons. The van der Waals surface area contributed by atoms with Crippen molar-refractivity contribution in [3.05, 3.63) is 95.6 Å². The van der Waals surface area contributed by atoms with Gasteiger partial charge in [-0.3, -0.25) is 9.36 Å². The number of hydrogen-bond donors (Lipinski definition) is 2. The Kier molecular flexibility index (Phi) is 7.04. The molecule has 4 rings (SSSR count). The Balaban J connectivity index is 1.49. The van der Waals surface area contributed by atoms with Crippen molar-refractivity contribution in [2.75, 3.05) is 16.4 Å². The minimum Gasteiger partial charge on any atom is -0.378 e. The van der Waals surface area contributed by atoms with Crippen LogP contribution >= 0.6 is 11.8 Å². The number of thioether (sulfide) groups is 1. The van der Waals surface area contributed by atoms with Gasteiger partial charge in [-0.15, -0.1) is 10.2 Å². The van der Waals surface area contributed by atoms with Crippen LogP contribution in [0, 0.1) is 19.7 Å². The molecule has 1 amide bonds. The van der Waals surface area contributed by atoms with E-state index in [4.69, 9.17) is 0 Å². The maximum atomic E-state index is 13.2. The molecule has 0 aliphatic rings. The molecule has 0 saturated heterocycles. The fourth-order valence-electron chi connectivity index (χ4n) is 3.36. The van der Waals surface area contributed by atoms with E-state index in [1.54, 1.807) is 12.1 Å². The first-order valence-electron chi connectivity index (χ1n) is 10.5. The second-order valence-electron chi connectivity index (χ2n) is 7.59. The number of aryl methyl sites for hydroxylation is 2. The van der Waals surface area contributed by atoms with E-state index in [9.17, 15) is 9.18 Å². The number of nitrogens with one attached hydrogen (secondary N) is 2. The van der Waals surface area contributed by atoms with Gasteiger partial charge in [0.2, 0.25) is 5.91 Å². The van der Waals surface area contributed by atoms with Crippen LogP contribution in [-0.4, -0.2) is 26.4 Å². The maximum Gasteiger partial charge on any atom is 0.234 e. The molecule has 6 nitrogen and oxygen atoms in total. The summed E-state index contributed by atoms with van der Waals surface area (Å²) >= 11 is 1.32. The summed E-state index contributed by atoms with van der Waals surface area (Å²) in [7, 11) is 0. The Bertz CT molecular complexity index is 1240. The van der Waals surface area contributed by atoms with E-state index in [0.717, 1.165) is 28.2 Å². The zero-order valence-corrected chi connectivity index (χ0v) is 19.2. The van der Waals surface area contributed by atoms with Gasteiger partial charge in [-0.2, -0.15) is 0 Å². The van der Waals surface area contributed by atoms with E-state index in [0.29, 0.717) is 17.5 Å². The smallest absolute Gasteiger partial charge is 0.234 e. The summed E-state index contributed by atoms with van der Waals surface area (Å²) < 4.78 is 15.1. The third-order valence-electron chi connectivity index (χ3n) is 5.00. The molecule has 33 heavy (non-hydrogen) atoms. The summed E-state index contributed by atoms with van der Waals surface area (Å²) in [6.45, 7) is 4.39. The van der Waals surface area contributed by atoms with Gasteiger partial charge < -0.3 is 10.6 Å². The van der Waals surface area contributed by atoms with E-state index in [1.165, 1.54) is 23.9 Å². The number of nitrogens with zero attached hydrogens (tertiary/aromatic N) is 3. The third-order valence-corrected chi connectivity index (χ3v) is 5.93. The van der Waals surface area contributed by atoms with Crippen LogP contribution in [0.3, 0.4) is 0 Å². The lowest BCUT2D eigenvalue weighted by molar-refractivity contribution is -0.113. The maximum absolute atomic E-state index is 13.2. The van der Waals surface area contributed by atoms with Gasteiger partial charge in [0.1, 0.15) is 5.82 Å². The molecule has 0 aliphatic carbocycles. The van der Waals surface area contributed by atoms with Crippen molar-refractivity contribution in [1.82, 2.24) is 14.8 Å². The predicted molar refractivity (Wildman–Crippen MR) is 130 cm³/mol. The number of rotatable bonds is 8. The van der Waals surface area contributed by atoms with Gasteiger partial charge in [-0.25, -0.2) is 4.39 Å². The fourth-order valence-corrected chi connectivity index (χ4v) is 4.13. The molecule has 0 fully saturated rings. The molecule has 4 aromatic rings. The summed E-state index contributed by atoms with van der Waals surface area (Å²) in [6.07, 6.45) is 0. The lowest BCUT2D eigenvalue weighted by Crippen LogP contribution is -2.15. The van der Waals surface area contributed by atoms with Gasteiger partial charge in [-0.05, 0) is 61.9 Å². The van der Waals surface area contributed by atoms with Crippen molar-refractivity contribution < 1.29 is 9.18 Å². The molecule has 0 unspecified atom stereocenters. The zero-order chi connectivity index (χ0) is 23.2. The van der Waals surface area contributed by atoms with Crippen molar-refractivity contribution >= 4 is 29.0 Å². The highest BCUT2D eigenvalue weighted by Crippen LogP contribution is 2.24. The van der Waals surface area contributed by atoms with Crippen LogP contribution in [0.2, 0.25) is 0 Å². The van der Waals surface area contributed by atoms with Crippen LogP contribution in [0.4, 0.5) is 15.8 Å². The van der Waals surface area contributed by atoms with Crippen LogP contribution in [-0.2, 0) is 11.3 Å². The molecule has 0 atom stereocenters. The summed E-state index contributed by atoms with van der Waals surface area (Å²) in [5.74, 6) is 0.484. The van der Waals surface area contributed by atoms with Crippen LogP contribution in [0.1, 0.15) is 17.0 Å². The number of anilines is 2. The molecule has 3 aromatic carbocycles. The van der Waals surface area contributed by atoms with Crippen LogP contribution in [0.5, 0.6) is 0 Å². The Morgan fingerprint density at radius 2 is 1.76 bits per heavy atom. The fraction of sp³-hybridized carbons (Fsp3) is 0.160. The molecule has 0 bridgehead atoms. The number of halogens is 1. The van der Waals surface area contributed by atoms with Gasteiger partial charge in [0.25, 0.3) is 0 Å². The third kappa shape index (κ3) is 5.78. The highest BCUT2D eigenvalue weighted by molar-refractivity contribution is 7.99. The highest BCUT2D eigenvalue weighted by atomic mass is 32.2. The van der Waals surface area contributed by atoms with Gasteiger partial charge in [0.05, 0.1) is 12.3 Å². The number of para-hydroxylation sites is 1. The first kappa shape index (κ1) is 22.5. The van der Waals surface area contributed by atoms with Gasteiger partial charge >= 0.3 is 0 Å². The minimum absolute atomic E-state index is 0.111. The molecule has 0 aliphatic heterocycles. The van der Waals surface area contributed by atoms with E-state index in [-0.39, 0.29) is 17.5 Å². The van der Waals surface area contributed by atoms with Crippen molar-refractivity contribution in [1.29, 1.82) is 0 Å². The Hall–Kier alpha value is -3.65. The van der Waals surface area contributed by atoms with E-state index in [2.05, 4.69) is 20.8 Å². The minimum atomic E-state index is -0.286. The van der Waals surface area contributed by atoms with Crippen molar-refractivity contribution in [2.45, 2.75) is 25.5 Å². The summed E-state index contributed by atoms with van der Waals surface area (Å²) in [6, 6.07) is 21.8. The van der Waals surface area contributed by atoms with Gasteiger partial charge in [0, 0.05) is 17.1 Å². The second kappa shape index (κ2) is 10.3. The first-order valence-corrected chi connectivity index (χ1v) is 11.5. The SMILES string of the molecule is Cc1ccc(NC(=O)CSc2nnc(CNc3ccc(F)cc3)n2-c2ccccc2)c(C)c1. The normalized spacial score (nSPS) is 10.8. The Labute approximate surface area is 196 Å². The number of benzene rings is 3. The number of hydrogen-bond acceptors (Lipinski definition) is 5. The van der Waals surface area contributed by atoms with Crippen molar-refractivity contribution in [2.24, 2.45) is 0 Å². The molecule has 8 heteroatoms. The van der Waals surface area contributed by atoms with Crippen molar-refractivity contribution in [3.8, 4) is 5.69 Å². The molecule has 0 saturated carbocycles. The molecule has 2 N–H and O–H groups in total. The molecule has 1 heterocycles. The van der Waals surface area contributed by atoms with Crippen LogP contribution in [0.25, 0.3) is 5.69 Å². The second-order valence-corrected chi connectivity index (χ2v) is 8.53. The molecule has 0 spiro atoms. The molecule has 0 radical (unpaired) electrons. The topological polar surface area (TPSA) is 71.8 Å². The van der Waals surface area contributed by atoms with E-state index in [1.807, 2.05) is 66.9 Å². The van der Waals surface area contributed by atoms with E-state index >= 15 is 0 Å². The van der Waals surface area contributed by atoms with E-state index < -0.39 is 0 Å². The first-order chi connectivity index (χ1) is 16.0. The number of carbonyl (C=O) groups is 1. The quantitative estimate of drug-likeness (QED) is 0.345. The molecular weight excluding hydrogens is 437 g/mol. The average Bonchev–Trinajstić information content (AvgIpc) is 3.22. The van der Waals surface area contributed by atoms with Crippen molar-refractivity contribution in [3.63, 3.8) is 0 Å². The molecule has 1 aromatic heterocycles. The Morgan fingerprint density at radius 3 is 2.48 bits per heavy atom. The Morgan fingerprint density at radius 1 is 1.00 bits per heavy atom. The average molecular weight is 462 g/mol.